The Labute approximate surface area is 107 Å². The lowest BCUT2D eigenvalue weighted by atomic mass is 10.1. The molecule has 98 valence electrons. The van der Waals surface area contributed by atoms with E-state index in [4.69, 9.17) is 0 Å². The molecule has 0 spiro atoms. The van der Waals surface area contributed by atoms with E-state index in [1.807, 2.05) is 24.3 Å². The van der Waals surface area contributed by atoms with Crippen molar-refractivity contribution in [1.82, 2.24) is 5.32 Å². The second kappa shape index (κ2) is 7.32. The summed E-state index contributed by atoms with van der Waals surface area (Å²) in [4.78, 5) is 22.4. The molecule has 1 aromatic carbocycles. The van der Waals surface area contributed by atoms with E-state index in [2.05, 4.69) is 22.3 Å². The molecule has 5 heteroatoms. The summed E-state index contributed by atoms with van der Waals surface area (Å²) in [5.74, 6) is -0.274. The number of ether oxygens (including phenoxy) is 1. The van der Waals surface area contributed by atoms with Gasteiger partial charge in [-0.1, -0.05) is 31.5 Å². The lowest BCUT2D eigenvalue weighted by Gasteiger charge is -2.10. The number of carbonyl (C=O) groups excluding carboxylic acids is 2. The summed E-state index contributed by atoms with van der Waals surface area (Å²) in [5, 5.41) is 5.10. The molecule has 0 heterocycles. The number of benzene rings is 1. The topological polar surface area (TPSA) is 67.4 Å². The smallest absolute Gasteiger partial charge is 0.407 e. The van der Waals surface area contributed by atoms with Crippen molar-refractivity contribution in [3.8, 4) is 0 Å². The molecule has 0 saturated heterocycles. The molecule has 0 saturated carbocycles. The van der Waals surface area contributed by atoms with E-state index in [1.54, 1.807) is 0 Å². The van der Waals surface area contributed by atoms with E-state index in [9.17, 15) is 9.59 Å². The van der Waals surface area contributed by atoms with Crippen LogP contribution in [0.1, 0.15) is 18.9 Å². The molecule has 5 nitrogen and oxygen atoms in total. The fourth-order valence-corrected chi connectivity index (χ4v) is 1.55. The van der Waals surface area contributed by atoms with Crippen molar-refractivity contribution >= 4 is 17.7 Å². The molecule has 0 aliphatic carbocycles. The van der Waals surface area contributed by atoms with Crippen LogP contribution in [0.15, 0.2) is 24.3 Å². The van der Waals surface area contributed by atoms with Crippen molar-refractivity contribution in [2.24, 2.45) is 0 Å². The van der Waals surface area contributed by atoms with Crippen LogP contribution in [0.3, 0.4) is 0 Å². The van der Waals surface area contributed by atoms with Crippen molar-refractivity contribution in [3.63, 3.8) is 0 Å². The first kappa shape index (κ1) is 14.0. The Hall–Kier alpha value is -2.04. The second-order valence-electron chi connectivity index (χ2n) is 3.80. The van der Waals surface area contributed by atoms with Crippen LogP contribution in [0, 0.1) is 0 Å². The third kappa shape index (κ3) is 4.45. The van der Waals surface area contributed by atoms with Gasteiger partial charge in [0.05, 0.1) is 7.11 Å². The van der Waals surface area contributed by atoms with Gasteiger partial charge >= 0.3 is 6.09 Å². The molecule has 0 bridgehead atoms. The highest BCUT2D eigenvalue weighted by Crippen LogP contribution is 2.16. The lowest BCUT2D eigenvalue weighted by molar-refractivity contribution is -0.115. The number of amides is 2. The van der Waals surface area contributed by atoms with Gasteiger partial charge in [-0.15, -0.1) is 0 Å². The Kier molecular flexibility index (Phi) is 5.70. The van der Waals surface area contributed by atoms with Gasteiger partial charge in [0.15, 0.2) is 0 Å². The Bertz CT molecular complexity index is 418. The maximum atomic E-state index is 11.6. The molecular formula is C13H18N2O3. The van der Waals surface area contributed by atoms with Crippen LogP contribution in [0.2, 0.25) is 0 Å². The first-order valence-electron chi connectivity index (χ1n) is 5.87. The van der Waals surface area contributed by atoms with E-state index in [-0.39, 0.29) is 12.5 Å². The SMILES string of the molecule is CCCc1ccccc1NC(=O)CNC(=O)OC. The maximum absolute atomic E-state index is 11.6. The number of hydrogen-bond donors (Lipinski definition) is 2. The summed E-state index contributed by atoms with van der Waals surface area (Å²) in [7, 11) is 1.25. The summed E-state index contributed by atoms with van der Waals surface area (Å²) in [6, 6.07) is 7.63. The summed E-state index contributed by atoms with van der Waals surface area (Å²) in [6.45, 7) is 1.98. The number of anilines is 1. The van der Waals surface area contributed by atoms with Gasteiger partial charge in [0.25, 0.3) is 0 Å². The average Bonchev–Trinajstić information content (AvgIpc) is 2.38. The van der Waals surface area contributed by atoms with E-state index in [0.717, 1.165) is 24.1 Å². The van der Waals surface area contributed by atoms with Crippen molar-refractivity contribution in [1.29, 1.82) is 0 Å². The molecular weight excluding hydrogens is 232 g/mol. The zero-order valence-electron chi connectivity index (χ0n) is 10.7. The van der Waals surface area contributed by atoms with Crippen molar-refractivity contribution in [2.45, 2.75) is 19.8 Å². The van der Waals surface area contributed by atoms with Crippen molar-refractivity contribution in [3.05, 3.63) is 29.8 Å². The van der Waals surface area contributed by atoms with E-state index in [0.29, 0.717) is 0 Å². The summed E-state index contributed by atoms with van der Waals surface area (Å²) in [6.07, 6.45) is 1.29. The Balaban J connectivity index is 2.56. The highest BCUT2D eigenvalue weighted by atomic mass is 16.5. The normalized spacial score (nSPS) is 9.67. The molecule has 0 atom stereocenters. The number of rotatable bonds is 5. The van der Waals surface area contributed by atoms with Gasteiger partial charge < -0.3 is 15.4 Å². The summed E-state index contributed by atoms with van der Waals surface area (Å²) >= 11 is 0. The molecule has 0 aromatic heterocycles. The summed E-state index contributed by atoms with van der Waals surface area (Å²) in [5.41, 5.74) is 1.88. The molecule has 0 aliphatic heterocycles. The molecule has 0 fully saturated rings. The predicted molar refractivity (Wildman–Crippen MR) is 69.5 cm³/mol. The first-order chi connectivity index (χ1) is 8.67. The molecule has 2 N–H and O–H groups in total. The fraction of sp³-hybridized carbons (Fsp3) is 0.385. The van der Waals surface area contributed by atoms with Gasteiger partial charge in [-0.05, 0) is 18.1 Å². The number of carbonyl (C=O) groups is 2. The highest BCUT2D eigenvalue weighted by molar-refractivity contribution is 5.94. The zero-order chi connectivity index (χ0) is 13.4. The Morgan fingerprint density at radius 1 is 1.28 bits per heavy atom. The standard InChI is InChI=1S/C13H18N2O3/c1-3-6-10-7-4-5-8-11(10)15-12(16)9-14-13(17)18-2/h4-5,7-8H,3,6,9H2,1-2H3,(H,14,17)(H,15,16). The quantitative estimate of drug-likeness (QED) is 0.839. The van der Waals surface area contributed by atoms with Crippen LogP contribution in [-0.2, 0) is 16.0 Å². The maximum Gasteiger partial charge on any atom is 0.407 e. The minimum atomic E-state index is -0.619. The van der Waals surface area contributed by atoms with Crippen LogP contribution in [-0.4, -0.2) is 25.7 Å². The monoisotopic (exact) mass is 250 g/mol. The van der Waals surface area contributed by atoms with E-state index in [1.165, 1.54) is 7.11 Å². The third-order valence-electron chi connectivity index (χ3n) is 2.39. The average molecular weight is 250 g/mol. The number of nitrogens with one attached hydrogen (secondary N) is 2. The van der Waals surface area contributed by atoms with Crippen molar-refractivity contribution in [2.75, 3.05) is 19.0 Å². The molecule has 1 aromatic rings. The number of hydrogen-bond acceptors (Lipinski definition) is 3. The zero-order valence-corrected chi connectivity index (χ0v) is 10.7. The van der Waals surface area contributed by atoms with E-state index < -0.39 is 6.09 Å². The van der Waals surface area contributed by atoms with Gasteiger partial charge in [-0.3, -0.25) is 4.79 Å². The van der Waals surface area contributed by atoms with Crippen LogP contribution in [0.25, 0.3) is 0 Å². The van der Waals surface area contributed by atoms with E-state index >= 15 is 0 Å². The minimum absolute atomic E-state index is 0.104. The second-order valence-corrected chi connectivity index (χ2v) is 3.80. The summed E-state index contributed by atoms with van der Waals surface area (Å²) < 4.78 is 4.38. The predicted octanol–water partition coefficient (Wildman–Crippen LogP) is 1.93. The molecule has 18 heavy (non-hydrogen) atoms. The number of para-hydroxylation sites is 1. The number of aryl methyl sites for hydroxylation is 1. The third-order valence-corrected chi connectivity index (χ3v) is 2.39. The van der Waals surface area contributed by atoms with Crippen molar-refractivity contribution < 1.29 is 14.3 Å². The van der Waals surface area contributed by atoms with Gasteiger partial charge in [0.2, 0.25) is 5.91 Å². The largest absolute Gasteiger partial charge is 0.453 e. The first-order valence-corrected chi connectivity index (χ1v) is 5.87. The molecule has 0 unspecified atom stereocenters. The minimum Gasteiger partial charge on any atom is -0.453 e. The number of methoxy groups -OCH3 is 1. The van der Waals surface area contributed by atoms with Crippen LogP contribution >= 0.6 is 0 Å². The number of alkyl carbamates (subject to hydrolysis) is 1. The van der Waals surface area contributed by atoms with Gasteiger partial charge in [-0.25, -0.2) is 4.79 Å². The highest BCUT2D eigenvalue weighted by Gasteiger charge is 2.07. The van der Waals surface area contributed by atoms with Crippen LogP contribution in [0.5, 0.6) is 0 Å². The van der Waals surface area contributed by atoms with Gasteiger partial charge in [0.1, 0.15) is 6.54 Å². The molecule has 2 amide bonds. The Morgan fingerprint density at radius 3 is 2.67 bits per heavy atom. The fourth-order valence-electron chi connectivity index (χ4n) is 1.55. The lowest BCUT2D eigenvalue weighted by Crippen LogP contribution is -2.32. The molecule has 0 radical (unpaired) electrons. The molecule has 0 aliphatic rings. The van der Waals surface area contributed by atoms with Gasteiger partial charge in [-0.2, -0.15) is 0 Å². The van der Waals surface area contributed by atoms with Gasteiger partial charge in [0, 0.05) is 5.69 Å². The van der Waals surface area contributed by atoms with Crippen LogP contribution in [0.4, 0.5) is 10.5 Å². The Morgan fingerprint density at radius 2 is 2.00 bits per heavy atom. The molecule has 1 rings (SSSR count). The van der Waals surface area contributed by atoms with Crippen LogP contribution < -0.4 is 10.6 Å².